The Labute approximate surface area is 262 Å². The second kappa shape index (κ2) is 13.7. The van der Waals surface area contributed by atoms with Crippen molar-refractivity contribution < 1.29 is 19.0 Å². The van der Waals surface area contributed by atoms with E-state index in [9.17, 15) is 9.59 Å². The van der Waals surface area contributed by atoms with Crippen LogP contribution in [-0.4, -0.2) is 39.8 Å². The van der Waals surface area contributed by atoms with Crippen LogP contribution in [0, 0.1) is 5.92 Å². The van der Waals surface area contributed by atoms with E-state index < -0.39 is 0 Å². The van der Waals surface area contributed by atoms with Crippen molar-refractivity contribution in [2.75, 3.05) is 24.6 Å². The highest BCUT2D eigenvalue weighted by atomic mass is 16.5. The van der Waals surface area contributed by atoms with Crippen LogP contribution in [0.5, 0.6) is 11.8 Å². The molecule has 0 radical (unpaired) electrons. The molecule has 6 rings (SSSR count). The monoisotopic (exact) mass is 606 g/mol. The molecule has 1 saturated heterocycles. The van der Waals surface area contributed by atoms with Crippen molar-refractivity contribution in [3.63, 3.8) is 0 Å². The quantitative estimate of drug-likeness (QED) is 0.169. The number of carbonyl (C=O) groups excluding carboxylic acids is 1. The maximum absolute atomic E-state index is 13.9. The van der Waals surface area contributed by atoms with Crippen molar-refractivity contribution in [2.24, 2.45) is 13.0 Å². The standard InChI is InChI=1S/C36H38N4O5/c1-3-43-33(41)23-26-19-21-39(22-20-26)29-15-10-16-30-34(29)38(2)36(42)40(30)31-17-18-32(44-24-27-11-6-4-7-12-27)37-35(31)45-25-28-13-8-5-9-14-28/h4-18,26H,3,19-25H2,1-2H3. The van der Waals surface area contributed by atoms with E-state index in [0.717, 1.165) is 53.8 Å². The van der Waals surface area contributed by atoms with E-state index in [4.69, 9.17) is 19.2 Å². The molecule has 3 heterocycles. The number of hydrogen-bond donors (Lipinski definition) is 0. The fraction of sp³-hybridized carbons (Fsp3) is 0.306. The lowest BCUT2D eigenvalue weighted by atomic mass is 9.93. The third kappa shape index (κ3) is 6.72. The maximum Gasteiger partial charge on any atom is 0.333 e. The first kappa shape index (κ1) is 30.0. The number of imidazole rings is 1. The summed E-state index contributed by atoms with van der Waals surface area (Å²) in [7, 11) is 1.80. The summed E-state index contributed by atoms with van der Waals surface area (Å²) in [6.07, 6.45) is 2.22. The molecule has 2 aromatic heterocycles. The van der Waals surface area contributed by atoms with Gasteiger partial charge in [-0.1, -0.05) is 66.7 Å². The van der Waals surface area contributed by atoms with Gasteiger partial charge in [-0.25, -0.2) is 4.79 Å². The minimum atomic E-state index is -0.195. The molecule has 1 fully saturated rings. The number of esters is 1. The molecule has 0 aliphatic carbocycles. The third-order valence-corrected chi connectivity index (χ3v) is 8.27. The topological polar surface area (TPSA) is 87.8 Å². The number of pyridine rings is 1. The largest absolute Gasteiger partial charge is 0.473 e. The van der Waals surface area contributed by atoms with Gasteiger partial charge in [0.05, 0.1) is 23.3 Å². The minimum Gasteiger partial charge on any atom is -0.473 e. The zero-order valence-electron chi connectivity index (χ0n) is 25.7. The lowest BCUT2D eigenvalue weighted by Crippen LogP contribution is -2.35. The molecular formula is C36H38N4O5. The first-order valence-electron chi connectivity index (χ1n) is 15.5. The Bertz CT molecular complexity index is 1810. The number of para-hydroxylation sites is 1. The highest BCUT2D eigenvalue weighted by Crippen LogP contribution is 2.34. The number of carbonyl (C=O) groups is 1. The van der Waals surface area contributed by atoms with Crippen molar-refractivity contribution in [1.29, 1.82) is 0 Å². The van der Waals surface area contributed by atoms with Gasteiger partial charge in [-0.15, -0.1) is 0 Å². The number of aromatic nitrogens is 3. The van der Waals surface area contributed by atoms with Gasteiger partial charge in [-0.3, -0.25) is 13.9 Å². The summed E-state index contributed by atoms with van der Waals surface area (Å²) in [4.78, 5) is 33.0. The average Bonchev–Trinajstić information content (AvgIpc) is 3.33. The lowest BCUT2D eigenvalue weighted by molar-refractivity contribution is -0.144. The van der Waals surface area contributed by atoms with Crippen LogP contribution < -0.4 is 20.1 Å². The molecule has 0 spiro atoms. The summed E-state index contributed by atoms with van der Waals surface area (Å²) in [6, 6.07) is 29.4. The Morgan fingerprint density at radius 1 is 0.822 bits per heavy atom. The van der Waals surface area contributed by atoms with Gasteiger partial charge in [0.25, 0.3) is 0 Å². The summed E-state index contributed by atoms with van der Waals surface area (Å²) in [5.41, 5.74) is 4.95. The predicted molar refractivity (Wildman–Crippen MR) is 174 cm³/mol. The Morgan fingerprint density at radius 2 is 1.49 bits per heavy atom. The van der Waals surface area contributed by atoms with Crippen molar-refractivity contribution in [3.8, 4) is 17.4 Å². The van der Waals surface area contributed by atoms with Crippen LogP contribution in [0.1, 0.15) is 37.3 Å². The van der Waals surface area contributed by atoms with Gasteiger partial charge in [0.2, 0.25) is 11.8 Å². The Kier molecular flexibility index (Phi) is 9.14. The molecule has 5 aromatic rings. The number of nitrogens with zero attached hydrogens (tertiary/aromatic N) is 4. The summed E-state index contributed by atoms with van der Waals surface area (Å²) in [5, 5.41) is 0. The average molecular weight is 607 g/mol. The molecule has 3 aromatic carbocycles. The Hall–Kier alpha value is -5.05. The molecule has 0 N–H and O–H groups in total. The summed E-state index contributed by atoms with van der Waals surface area (Å²) in [5.74, 6) is 0.883. The van der Waals surface area contributed by atoms with Crippen molar-refractivity contribution in [1.82, 2.24) is 14.1 Å². The molecule has 1 aliphatic rings. The number of rotatable bonds is 11. The van der Waals surface area contributed by atoms with Gasteiger partial charge >= 0.3 is 11.7 Å². The van der Waals surface area contributed by atoms with Crippen LogP contribution in [-0.2, 0) is 29.8 Å². The van der Waals surface area contributed by atoms with Crippen molar-refractivity contribution >= 4 is 22.7 Å². The van der Waals surface area contributed by atoms with Gasteiger partial charge in [-0.05, 0) is 55.0 Å². The van der Waals surface area contributed by atoms with Crippen LogP contribution in [0.4, 0.5) is 5.69 Å². The number of hydrogen-bond acceptors (Lipinski definition) is 7. The van der Waals surface area contributed by atoms with E-state index >= 15 is 0 Å². The Morgan fingerprint density at radius 3 is 2.16 bits per heavy atom. The number of anilines is 1. The van der Waals surface area contributed by atoms with Gasteiger partial charge in [0, 0.05) is 32.6 Å². The fourth-order valence-electron chi connectivity index (χ4n) is 5.94. The maximum atomic E-state index is 13.9. The second-order valence-corrected chi connectivity index (χ2v) is 11.3. The van der Waals surface area contributed by atoms with E-state index in [-0.39, 0.29) is 18.3 Å². The smallest absolute Gasteiger partial charge is 0.333 e. The van der Waals surface area contributed by atoms with Crippen LogP contribution in [0.25, 0.3) is 16.7 Å². The van der Waals surface area contributed by atoms with E-state index in [1.165, 1.54) is 0 Å². The highest BCUT2D eigenvalue weighted by molar-refractivity contribution is 5.91. The lowest BCUT2D eigenvalue weighted by Gasteiger charge is -2.33. The molecule has 0 amide bonds. The number of piperidine rings is 1. The van der Waals surface area contributed by atoms with E-state index in [1.807, 2.05) is 85.8 Å². The molecule has 45 heavy (non-hydrogen) atoms. The third-order valence-electron chi connectivity index (χ3n) is 8.27. The van der Waals surface area contributed by atoms with Crippen molar-refractivity contribution in [3.05, 3.63) is 113 Å². The SMILES string of the molecule is CCOC(=O)CC1CCN(c2cccc3c2n(C)c(=O)n3-c2ccc(OCc3ccccc3)nc2OCc2ccccc2)CC1. The van der Waals surface area contributed by atoms with Crippen LogP contribution in [0.3, 0.4) is 0 Å². The van der Waals surface area contributed by atoms with Crippen molar-refractivity contribution in [2.45, 2.75) is 39.4 Å². The molecule has 0 atom stereocenters. The fourth-order valence-corrected chi connectivity index (χ4v) is 5.94. The number of ether oxygens (including phenoxy) is 3. The Balaban J connectivity index is 1.32. The summed E-state index contributed by atoms with van der Waals surface area (Å²) in [6.45, 7) is 4.47. The zero-order valence-corrected chi connectivity index (χ0v) is 25.7. The molecule has 232 valence electrons. The second-order valence-electron chi connectivity index (χ2n) is 11.3. The minimum absolute atomic E-state index is 0.132. The van der Waals surface area contributed by atoms with Gasteiger partial charge in [0.15, 0.2) is 0 Å². The molecule has 0 bridgehead atoms. The van der Waals surface area contributed by atoms with Crippen LogP contribution in [0.15, 0.2) is 95.8 Å². The zero-order chi connectivity index (χ0) is 31.2. The number of aryl methyl sites for hydroxylation is 1. The number of fused-ring (bicyclic) bond motifs is 1. The van der Waals surface area contributed by atoms with Gasteiger partial charge in [-0.2, -0.15) is 4.98 Å². The molecule has 9 nitrogen and oxygen atoms in total. The van der Waals surface area contributed by atoms with E-state index in [1.54, 1.807) is 22.2 Å². The molecule has 0 saturated carbocycles. The van der Waals surface area contributed by atoms with Gasteiger partial charge in [0.1, 0.15) is 18.9 Å². The first-order valence-corrected chi connectivity index (χ1v) is 15.5. The van der Waals surface area contributed by atoms with Crippen LogP contribution >= 0.6 is 0 Å². The molecular weight excluding hydrogens is 568 g/mol. The first-order chi connectivity index (χ1) is 22.0. The summed E-state index contributed by atoms with van der Waals surface area (Å²) >= 11 is 0. The summed E-state index contributed by atoms with van der Waals surface area (Å²) < 4.78 is 20.8. The van der Waals surface area contributed by atoms with E-state index in [0.29, 0.717) is 43.0 Å². The van der Waals surface area contributed by atoms with Crippen LogP contribution in [0.2, 0.25) is 0 Å². The molecule has 9 heteroatoms. The molecule has 0 unspecified atom stereocenters. The van der Waals surface area contributed by atoms with E-state index in [2.05, 4.69) is 11.0 Å². The molecule has 1 aliphatic heterocycles. The highest BCUT2D eigenvalue weighted by Gasteiger charge is 2.26. The van der Waals surface area contributed by atoms with Gasteiger partial charge < -0.3 is 19.1 Å². The number of benzene rings is 3. The normalized spacial score (nSPS) is 13.6. The predicted octanol–water partition coefficient (Wildman–Crippen LogP) is 6.05.